The second kappa shape index (κ2) is 4.94. The number of hydrogen-bond acceptors (Lipinski definition) is 4. The van der Waals surface area contributed by atoms with Crippen LogP contribution in [0, 0.1) is 0 Å². The van der Waals surface area contributed by atoms with Gasteiger partial charge in [0.05, 0.1) is 6.04 Å². The molecule has 0 aromatic carbocycles. The molecule has 0 spiro atoms. The molecule has 0 saturated heterocycles. The van der Waals surface area contributed by atoms with Crippen molar-refractivity contribution in [2.45, 2.75) is 51.0 Å². The third kappa shape index (κ3) is 2.98. The summed E-state index contributed by atoms with van der Waals surface area (Å²) in [5.74, 6) is -2.62. The molecule has 6 heteroatoms. The Kier molecular flexibility index (Phi) is 3.73. The average Bonchev–Trinajstić information content (AvgIpc) is 2.84. The molecule has 0 aliphatic heterocycles. The van der Waals surface area contributed by atoms with E-state index in [1.165, 1.54) is 11.3 Å². The number of halogens is 2. The van der Waals surface area contributed by atoms with Crippen molar-refractivity contribution >= 4 is 11.3 Å². The number of hydrogen-bond donors (Lipinski definition) is 1. The molecule has 2 unspecified atom stereocenters. The van der Waals surface area contributed by atoms with E-state index < -0.39 is 5.92 Å². The number of nitrogens with zero attached hydrogens (tertiary/aromatic N) is 2. The average molecular weight is 261 g/mol. The van der Waals surface area contributed by atoms with Gasteiger partial charge in [-0.1, -0.05) is 18.3 Å². The molecule has 1 aromatic rings. The van der Waals surface area contributed by atoms with Crippen molar-refractivity contribution in [2.75, 3.05) is 6.54 Å². The Bertz CT molecular complexity index is 381. The minimum absolute atomic E-state index is 0.0185. The van der Waals surface area contributed by atoms with Gasteiger partial charge in [-0.3, -0.25) is 0 Å². The first-order valence-electron chi connectivity index (χ1n) is 5.96. The van der Waals surface area contributed by atoms with Crippen LogP contribution >= 0.6 is 11.3 Å². The molecule has 0 bridgehead atoms. The Balaban J connectivity index is 2.04. The maximum atomic E-state index is 13.1. The van der Waals surface area contributed by atoms with Crippen LogP contribution in [0.3, 0.4) is 0 Å². The van der Waals surface area contributed by atoms with Gasteiger partial charge in [-0.25, -0.2) is 8.78 Å². The Morgan fingerprint density at radius 3 is 2.88 bits per heavy atom. The SMILES string of the molecule is CCNC(C)c1nnc(C2CCC(F)(F)C2)s1. The fourth-order valence-electron chi connectivity index (χ4n) is 2.14. The lowest BCUT2D eigenvalue weighted by Crippen LogP contribution is -2.17. The third-order valence-electron chi connectivity index (χ3n) is 3.09. The molecular formula is C11H17F2N3S. The van der Waals surface area contributed by atoms with E-state index in [-0.39, 0.29) is 24.8 Å². The van der Waals surface area contributed by atoms with E-state index in [1.54, 1.807) is 0 Å². The van der Waals surface area contributed by atoms with Gasteiger partial charge in [0.15, 0.2) is 0 Å². The zero-order valence-corrected chi connectivity index (χ0v) is 10.9. The van der Waals surface area contributed by atoms with E-state index in [4.69, 9.17) is 0 Å². The Hall–Kier alpha value is -0.620. The summed E-state index contributed by atoms with van der Waals surface area (Å²) in [6, 6.07) is 0.146. The minimum Gasteiger partial charge on any atom is -0.308 e. The molecule has 0 radical (unpaired) electrons. The van der Waals surface area contributed by atoms with E-state index >= 15 is 0 Å². The van der Waals surface area contributed by atoms with Gasteiger partial charge in [0.1, 0.15) is 10.0 Å². The summed E-state index contributed by atoms with van der Waals surface area (Å²) >= 11 is 1.46. The maximum Gasteiger partial charge on any atom is 0.248 e. The topological polar surface area (TPSA) is 37.8 Å². The third-order valence-corrected chi connectivity index (χ3v) is 4.36. The summed E-state index contributed by atoms with van der Waals surface area (Å²) in [5.41, 5.74) is 0. The maximum absolute atomic E-state index is 13.1. The van der Waals surface area contributed by atoms with Crippen molar-refractivity contribution in [1.29, 1.82) is 0 Å². The highest BCUT2D eigenvalue weighted by molar-refractivity contribution is 7.11. The summed E-state index contributed by atoms with van der Waals surface area (Å²) in [5, 5.41) is 13.0. The van der Waals surface area contributed by atoms with Gasteiger partial charge in [-0.05, 0) is 19.9 Å². The molecule has 2 rings (SSSR count). The van der Waals surface area contributed by atoms with Gasteiger partial charge in [0.25, 0.3) is 0 Å². The van der Waals surface area contributed by atoms with Crippen molar-refractivity contribution in [3.8, 4) is 0 Å². The highest BCUT2D eigenvalue weighted by atomic mass is 32.1. The molecule has 17 heavy (non-hydrogen) atoms. The van der Waals surface area contributed by atoms with Crippen molar-refractivity contribution in [3.63, 3.8) is 0 Å². The zero-order chi connectivity index (χ0) is 12.5. The standard InChI is InChI=1S/C11H17F2N3S/c1-3-14-7(2)9-15-16-10(17-9)8-4-5-11(12,13)6-8/h7-8,14H,3-6H2,1-2H3. The van der Waals surface area contributed by atoms with E-state index in [0.717, 1.165) is 16.6 Å². The van der Waals surface area contributed by atoms with Crippen LogP contribution in [0.25, 0.3) is 0 Å². The highest BCUT2D eigenvalue weighted by Crippen LogP contribution is 2.45. The van der Waals surface area contributed by atoms with E-state index in [2.05, 4.69) is 15.5 Å². The van der Waals surface area contributed by atoms with Gasteiger partial charge in [0.2, 0.25) is 5.92 Å². The molecule has 96 valence electrons. The van der Waals surface area contributed by atoms with Crippen molar-refractivity contribution in [1.82, 2.24) is 15.5 Å². The van der Waals surface area contributed by atoms with Gasteiger partial charge in [0, 0.05) is 18.8 Å². The van der Waals surface area contributed by atoms with Crippen LogP contribution < -0.4 is 5.32 Å². The lowest BCUT2D eigenvalue weighted by molar-refractivity contribution is 0.00775. The second-order valence-corrected chi connectivity index (χ2v) is 5.59. The molecule has 1 fully saturated rings. The summed E-state index contributed by atoms with van der Waals surface area (Å²) in [4.78, 5) is 0. The summed E-state index contributed by atoms with van der Waals surface area (Å²) < 4.78 is 26.2. The number of alkyl halides is 2. The first kappa shape index (κ1) is 12.8. The zero-order valence-electron chi connectivity index (χ0n) is 10.0. The van der Waals surface area contributed by atoms with Gasteiger partial charge >= 0.3 is 0 Å². The minimum atomic E-state index is -2.51. The Morgan fingerprint density at radius 1 is 1.53 bits per heavy atom. The Labute approximate surface area is 104 Å². The van der Waals surface area contributed by atoms with Crippen LogP contribution in [0.5, 0.6) is 0 Å². The monoisotopic (exact) mass is 261 g/mol. The quantitative estimate of drug-likeness (QED) is 0.905. The summed E-state index contributed by atoms with van der Waals surface area (Å²) in [6.45, 7) is 4.89. The normalized spacial score (nSPS) is 25.1. The molecule has 1 aliphatic rings. The van der Waals surface area contributed by atoms with Gasteiger partial charge in [-0.2, -0.15) is 0 Å². The van der Waals surface area contributed by atoms with Crippen molar-refractivity contribution in [2.24, 2.45) is 0 Å². The largest absolute Gasteiger partial charge is 0.308 e. The van der Waals surface area contributed by atoms with Crippen molar-refractivity contribution < 1.29 is 8.78 Å². The van der Waals surface area contributed by atoms with E-state index in [1.807, 2.05) is 13.8 Å². The summed E-state index contributed by atoms with van der Waals surface area (Å²) in [7, 11) is 0. The second-order valence-electron chi connectivity index (χ2n) is 4.55. The van der Waals surface area contributed by atoms with Crippen LogP contribution in [0.15, 0.2) is 0 Å². The van der Waals surface area contributed by atoms with Crippen LogP contribution in [-0.2, 0) is 0 Å². The first-order valence-corrected chi connectivity index (χ1v) is 6.78. The van der Waals surface area contributed by atoms with Crippen LogP contribution in [-0.4, -0.2) is 22.7 Å². The van der Waals surface area contributed by atoms with E-state index in [0.29, 0.717) is 6.42 Å². The molecule has 1 aliphatic carbocycles. The molecule has 1 saturated carbocycles. The van der Waals surface area contributed by atoms with Crippen LogP contribution in [0.4, 0.5) is 8.78 Å². The van der Waals surface area contributed by atoms with Gasteiger partial charge in [-0.15, -0.1) is 10.2 Å². The van der Waals surface area contributed by atoms with Crippen LogP contribution in [0.2, 0.25) is 0 Å². The number of nitrogens with one attached hydrogen (secondary N) is 1. The van der Waals surface area contributed by atoms with Gasteiger partial charge < -0.3 is 5.32 Å². The first-order chi connectivity index (χ1) is 8.02. The fourth-order valence-corrected chi connectivity index (χ4v) is 3.15. The predicted octanol–water partition coefficient (Wildman–Crippen LogP) is 3.11. The number of aromatic nitrogens is 2. The van der Waals surface area contributed by atoms with Crippen molar-refractivity contribution in [3.05, 3.63) is 10.0 Å². The smallest absolute Gasteiger partial charge is 0.248 e. The van der Waals surface area contributed by atoms with E-state index in [9.17, 15) is 8.78 Å². The molecule has 1 N–H and O–H groups in total. The molecule has 1 aromatic heterocycles. The Morgan fingerprint density at radius 2 is 2.29 bits per heavy atom. The fraction of sp³-hybridized carbons (Fsp3) is 0.818. The molecular weight excluding hydrogens is 244 g/mol. The predicted molar refractivity (Wildman–Crippen MR) is 63.5 cm³/mol. The number of rotatable bonds is 4. The summed E-state index contributed by atoms with van der Waals surface area (Å²) in [6.07, 6.45) is 0.434. The molecule has 0 amide bonds. The molecule has 1 heterocycles. The van der Waals surface area contributed by atoms with Crippen LogP contribution in [0.1, 0.15) is 55.1 Å². The molecule has 3 nitrogen and oxygen atoms in total. The lowest BCUT2D eigenvalue weighted by atomic mass is 10.1. The lowest BCUT2D eigenvalue weighted by Gasteiger charge is -2.08. The highest BCUT2D eigenvalue weighted by Gasteiger charge is 2.41. The molecule has 2 atom stereocenters.